The highest BCUT2D eigenvalue weighted by Crippen LogP contribution is 2.06. The number of aliphatic imine (C=N–C) groups is 1. The predicted octanol–water partition coefficient (Wildman–Crippen LogP) is 0.894. The summed E-state index contributed by atoms with van der Waals surface area (Å²) in [6.07, 6.45) is 1.43. The second-order valence-corrected chi connectivity index (χ2v) is 3.22. The summed E-state index contributed by atoms with van der Waals surface area (Å²) in [5.74, 6) is 0.693. The van der Waals surface area contributed by atoms with Gasteiger partial charge in [-0.3, -0.25) is 0 Å². The first-order valence-electron chi connectivity index (χ1n) is 4.91. The van der Waals surface area contributed by atoms with Crippen LogP contribution in [0.15, 0.2) is 47.5 Å². The number of benzene rings is 1. The smallest absolute Gasteiger partial charge is 0.255 e. The third-order valence-corrected chi connectivity index (χ3v) is 2.01. The van der Waals surface area contributed by atoms with Gasteiger partial charge in [0.25, 0.3) is 5.88 Å². The van der Waals surface area contributed by atoms with E-state index in [1.54, 1.807) is 0 Å². The SMILES string of the molecule is NC(=NC1=COCO1)NCc1ccccc1. The van der Waals surface area contributed by atoms with Crippen molar-refractivity contribution in [3.63, 3.8) is 0 Å². The van der Waals surface area contributed by atoms with Gasteiger partial charge in [-0.05, 0) is 5.56 Å². The van der Waals surface area contributed by atoms with Crippen molar-refractivity contribution in [2.24, 2.45) is 10.7 Å². The van der Waals surface area contributed by atoms with E-state index in [1.807, 2.05) is 30.3 Å². The van der Waals surface area contributed by atoms with E-state index in [0.29, 0.717) is 18.4 Å². The number of rotatable bonds is 3. The molecule has 1 aromatic carbocycles. The highest BCUT2D eigenvalue weighted by Gasteiger charge is 2.04. The maximum atomic E-state index is 5.66. The van der Waals surface area contributed by atoms with E-state index in [-0.39, 0.29) is 6.79 Å². The topological polar surface area (TPSA) is 68.9 Å². The van der Waals surface area contributed by atoms with Gasteiger partial charge in [0.05, 0.1) is 0 Å². The fourth-order valence-electron chi connectivity index (χ4n) is 1.24. The molecule has 0 aliphatic carbocycles. The van der Waals surface area contributed by atoms with Gasteiger partial charge < -0.3 is 20.5 Å². The molecule has 0 amide bonds. The van der Waals surface area contributed by atoms with Crippen LogP contribution in [-0.4, -0.2) is 12.8 Å². The lowest BCUT2D eigenvalue weighted by Crippen LogP contribution is -2.31. The Morgan fingerprint density at radius 1 is 1.38 bits per heavy atom. The average molecular weight is 219 g/mol. The number of nitrogens with zero attached hydrogens (tertiary/aromatic N) is 1. The lowest BCUT2D eigenvalue weighted by molar-refractivity contribution is 0.0801. The average Bonchev–Trinajstić information content (AvgIpc) is 2.81. The van der Waals surface area contributed by atoms with Crippen molar-refractivity contribution in [1.29, 1.82) is 0 Å². The maximum absolute atomic E-state index is 5.66. The van der Waals surface area contributed by atoms with Crippen molar-refractivity contribution in [2.75, 3.05) is 6.79 Å². The van der Waals surface area contributed by atoms with Gasteiger partial charge in [-0.15, -0.1) is 0 Å². The summed E-state index contributed by atoms with van der Waals surface area (Å²) in [6, 6.07) is 9.93. The molecule has 2 rings (SSSR count). The summed E-state index contributed by atoms with van der Waals surface area (Å²) in [7, 11) is 0. The Kier molecular flexibility index (Phi) is 3.28. The fourth-order valence-corrected chi connectivity index (χ4v) is 1.24. The Balaban J connectivity index is 1.86. The summed E-state index contributed by atoms with van der Waals surface area (Å²) in [6.45, 7) is 0.828. The molecule has 1 heterocycles. The molecule has 1 aliphatic rings. The highest BCUT2D eigenvalue weighted by molar-refractivity contribution is 5.78. The normalized spacial score (nSPS) is 15.0. The summed E-state index contributed by atoms with van der Waals surface area (Å²) >= 11 is 0. The van der Waals surface area contributed by atoms with Crippen LogP contribution in [0.4, 0.5) is 0 Å². The van der Waals surface area contributed by atoms with Crippen molar-refractivity contribution in [2.45, 2.75) is 6.54 Å². The van der Waals surface area contributed by atoms with Gasteiger partial charge in [0, 0.05) is 6.54 Å². The number of hydrogen-bond donors (Lipinski definition) is 2. The minimum absolute atomic E-state index is 0.199. The van der Waals surface area contributed by atoms with Crippen molar-refractivity contribution >= 4 is 5.96 Å². The molecule has 0 aromatic heterocycles. The molecular weight excluding hydrogens is 206 g/mol. The number of ether oxygens (including phenoxy) is 2. The predicted molar refractivity (Wildman–Crippen MR) is 60.0 cm³/mol. The lowest BCUT2D eigenvalue weighted by atomic mass is 10.2. The molecule has 0 unspecified atom stereocenters. The standard InChI is InChI=1S/C11H13N3O2/c12-11(14-10-7-15-8-16-10)13-6-9-4-2-1-3-5-9/h1-5,7H,6,8H2,(H3,12,13,14). The molecule has 0 bridgehead atoms. The first-order valence-corrected chi connectivity index (χ1v) is 4.91. The zero-order chi connectivity index (χ0) is 11.2. The van der Waals surface area contributed by atoms with Crippen molar-refractivity contribution in [3.05, 3.63) is 48.0 Å². The molecule has 16 heavy (non-hydrogen) atoms. The zero-order valence-corrected chi connectivity index (χ0v) is 8.72. The maximum Gasteiger partial charge on any atom is 0.255 e. The molecule has 84 valence electrons. The van der Waals surface area contributed by atoms with Gasteiger partial charge >= 0.3 is 0 Å². The summed E-state index contributed by atoms with van der Waals surface area (Å²) in [5.41, 5.74) is 6.80. The molecule has 0 radical (unpaired) electrons. The number of nitrogens with two attached hydrogens (primary N) is 1. The van der Waals surface area contributed by atoms with Crippen LogP contribution < -0.4 is 11.1 Å². The largest absolute Gasteiger partial charge is 0.459 e. The van der Waals surface area contributed by atoms with Crippen LogP contribution in [0.1, 0.15) is 5.56 Å². The van der Waals surface area contributed by atoms with Crippen molar-refractivity contribution < 1.29 is 9.47 Å². The van der Waals surface area contributed by atoms with Crippen LogP contribution in [0.3, 0.4) is 0 Å². The summed E-state index contributed by atoms with van der Waals surface area (Å²) in [5, 5.41) is 2.98. The second-order valence-electron chi connectivity index (χ2n) is 3.22. The van der Waals surface area contributed by atoms with E-state index < -0.39 is 0 Å². The van der Waals surface area contributed by atoms with E-state index in [1.165, 1.54) is 6.26 Å². The van der Waals surface area contributed by atoms with E-state index >= 15 is 0 Å². The molecular formula is C11H13N3O2. The Labute approximate surface area is 93.6 Å². The van der Waals surface area contributed by atoms with E-state index in [0.717, 1.165) is 5.56 Å². The summed E-state index contributed by atoms with van der Waals surface area (Å²) in [4.78, 5) is 3.99. The minimum atomic E-state index is 0.199. The van der Waals surface area contributed by atoms with Gasteiger partial charge in [0.1, 0.15) is 6.26 Å². The molecule has 0 spiro atoms. The van der Waals surface area contributed by atoms with E-state index in [2.05, 4.69) is 10.3 Å². The van der Waals surface area contributed by atoms with Crippen molar-refractivity contribution in [3.8, 4) is 0 Å². The molecule has 5 heteroatoms. The van der Waals surface area contributed by atoms with Crippen LogP contribution in [0.25, 0.3) is 0 Å². The fraction of sp³-hybridized carbons (Fsp3) is 0.182. The molecule has 0 saturated heterocycles. The molecule has 1 aromatic rings. The zero-order valence-electron chi connectivity index (χ0n) is 8.72. The summed E-state index contributed by atoms with van der Waals surface area (Å²) < 4.78 is 9.85. The molecule has 0 saturated carbocycles. The van der Waals surface area contributed by atoms with E-state index in [4.69, 9.17) is 15.2 Å². The van der Waals surface area contributed by atoms with Gasteiger partial charge in [0.15, 0.2) is 5.96 Å². The van der Waals surface area contributed by atoms with Gasteiger partial charge in [-0.25, -0.2) is 0 Å². The second kappa shape index (κ2) is 5.06. The Morgan fingerprint density at radius 2 is 2.19 bits per heavy atom. The molecule has 0 fully saturated rings. The van der Waals surface area contributed by atoms with Crippen LogP contribution >= 0.6 is 0 Å². The highest BCUT2D eigenvalue weighted by atomic mass is 16.7. The Morgan fingerprint density at radius 3 is 2.88 bits per heavy atom. The first-order chi connectivity index (χ1) is 7.84. The number of guanidine groups is 1. The first kappa shape index (κ1) is 10.4. The van der Waals surface area contributed by atoms with Crippen molar-refractivity contribution in [1.82, 2.24) is 5.32 Å². The molecule has 0 atom stereocenters. The molecule has 5 nitrogen and oxygen atoms in total. The van der Waals surface area contributed by atoms with Crippen LogP contribution in [-0.2, 0) is 16.0 Å². The van der Waals surface area contributed by atoms with E-state index in [9.17, 15) is 0 Å². The third-order valence-electron chi connectivity index (χ3n) is 2.01. The minimum Gasteiger partial charge on any atom is -0.459 e. The number of hydrogen-bond acceptors (Lipinski definition) is 3. The van der Waals surface area contributed by atoms with Gasteiger partial charge in [0.2, 0.25) is 6.79 Å². The van der Waals surface area contributed by atoms with Gasteiger partial charge in [-0.2, -0.15) is 4.99 Å². The third kappa shape index (κ3) is 2.91. The monoisotopic (exact) mass is 219 g/mol. The Hall–Kier alpha value is -2.17. The van der Waals surface area contributed by atoms with Crippen LogP contribution in [0.2, 0.25) is 0 Å². The van der Waals surface area contributed by atoms with Crippen LogP contribution in [0.5, 0.6) is 0 Å². The quantitative estimate of drug-likeness (QED) is 0.585. The molecule has 3 N–H and O–H groups in total. The lowest BCUT2D eigenvalue weighted by Gasteiger charge is -2.04. The Bertz CT molecular complexity index is 401. The number of nitrogens with one attached hydrogen (secondary N) is 1. The molecule has 1 aliphatic heterocycles. The van der Waals surface area contributed by atoms with Crippen LogP contribution in [0, 0.1) is 0 Å². The van der Waals surface area contributed by atoms with Gasteiger partial charge in [-0.1, -0.05) is 30.3 Å².